The summed E-state index contributed by atoms with van der Waals surface area (Å²) >= 11 is 0. The predicted molar refractivity (Wildman–Crippen MR) is 17.0 cm³/mol. The van der Waals surface area contributed by atoms with E-state index < -0.39 is 0 Å². The normalized spacial score (nSPS) is 4.25. The van der Waals surface area contributed by atoms with Gasteiger partial charge < -0.3 is 0 Å². The van der Waals surface area contributed by atoms with Crippen molar-refractivity contribution in [2.24, 2.45) is 4.88 Å². The van der Waals surface area contributed by atoms with Gasteiger partial charge in [0.1, 0.15) is 10.4 Å². The molecule has 1 unspecified atom stereocenters. The molecule has 3 nitrogen and oxygen atoms in total. The molecular weight excluding hydrogens is 73.0 g/mol. The smallest absolute Gasteiger partial charge is 0.0847 e. The molecule has 0 heterocycles. The van der Waals surface area contributed by atoms with Gasteiger partial charge in [0.25, 0.3) is 0 Å². The van der Waals surface area contributed by atoms with E-state index in [1.165, 1.54) is 0 Å². The van der Waals surface area contributed by atoms with Gasteiger partial charge in [0.2, 0.25) is 4.91 Å². The molecule has 0 aliphatic carbocycles. The minimum absolute atomic E-state index is 1.93. The molecule has 0 radical (unpaired) electrons. The van der Waals surface area contributed by atoms with Gasteiger partial charge in [0.05, 0.1) is 9.39 Å². The van der Waals surface area contributed by atoms with E-state index in [1.54, 1.807) is 0 Å². The van der Waals surface area contributed by atoms with Crippen molar-refractivity contribution in [3.8, 4) is 0 Å². The lowest BCUT2D eigenvalue weighted by Crippen LogP contribution is -1.32. The van der Waals surface area contributed by atoms with Crippen molar-refractivity contribution in [2.45, 2.75) is 0 Å². The van der Waals surface area contributed by atoms with Crippen LogP contribution in [0.5, 0.6) is 0 Å². The van der Waals surface area contributed by atoms with Gasteiger partial charge in [-0.25, -0.2) is 0 Å². The van der Waals surface area contributed by atoms with Crippen LogP contribution < -0.4 is 4.91 Å². The van der Waals surface area contributed by atoms with Gasteiger partial charge in [-0.3, -0.25) is 0 Å². The molecule has 0 saturated carbocycles. The topological polar surface area (TPSA) is 50.3 Å². The Morgan fingerprint density at radius 2 is 2.25 bits per heavy atom. The fraction of sp³-hybridized carbons (Fsp3) is 0. The van der Waals surface area contributed by atoms with Crippen molar-refractivity contribution in [3.05, 3.63) is 0 Å². The van der Waals surface area contributed by atoms with Gasteiger partial charge in [-0.1, -0.05) is 0 Å². The molecule has 0 saturated heterocycles. The van der Waals surface area contributed by atoms with Crippen molar-refractivity contribution in [1.82, 2.24) is 4.91 Å². The Hall–Kier alpha value is -0.260. The van der Waals surface area contributed by atoms with E-state index in [1.807, 2.05) is 9.39 Å². The Morgan fingerprint density at radius 1 is 2.00 bits per heavy atom. The molecule has 0 rings (SSSR count). The van der Waals surface area contributed by atoms with Gasteiger partial charge in [0.15, 0.2) is 0 Å². The standard InChI is InChI=1S/H3N3P/c1-2-3-4/h1H,4H2/q+1. The Balaban J connectivity index is 3.11. The second-order valence-corrected chi connectivity index (χ2v) is 0.446. The molecule has 0 amide bonds. The van der Waals surface area contributed by atoms with E-state index in [9.17, 15) is 0 Å². The zero-order chi connectivity index (χ0) is 3.41. The van der Waals surface area contributed by atoms with Gasteiger partial charge in [0, 0.05) is 0 Å². The lowest BCUT2D eigenvalue weighted by atomic mass is 13.0. The van der Waals surface area contributed by atoms with Crippen LogP contribution in [-0.4, -0.2) is 0 Å². The number of hydrogen-bond donors (Lipinski definition) is 1. The zero-order valence-corrected chi connectivity index (χ0v) is 3.13. The van der Waals surface area contributed by atoms with Crippen LogP contribution in [0.2, 0.25) is 0 Å². The first-order valence-electron chi connectivity index (χ1n) is 0.682. The zero-order valence-electron chi connectivity index (χ0n) is 1.97. The summed E-state index contributed by atoms with van der Waals surface area (Å²) < 4.78 is 0. The number of hydrogen-bond acceptors (Lipinski definition) is 2. The molecule has 0 aromatic heterocycles. The summed E-state index contributed by atoms with van der Waals surface area (Å²) in [6.07, 6.45) is 0. The first kappa shape index (κ1) is 3.74. The largest absolute Gasteiger partial charge is 0.217 e. The number of rotatable bonds is 0. The maximum absolute atomic E-state index is 5.89. The van der Waals surface area contributed by atoms with E-state index in [4.69, 9.17) is 5.53 Å². The molecule has 0 aromatic rings. The summed E-state index contributed by atoms with van der Waals surface area (Å²) in [6, 6.07) is 0. The molecule has 22 valence electrons. The molecule has 1 N–H and O–H groups in total. The van der Waals surface area contributed by atoms with Crippen LogP contribution in [0, 0.1) is 5.53 Å². The minimum atomic E-state index is 1.93. The van der Waals surface area contributed by atoms with Crippen LogP contribution in [0.25, 0.3) is 0 Å². The van der Waals surface area contributed by atoms with Crippen molar-refractivity contribution < 1.29 is 0 Å². The Kier molecular flexibility index (Phi) is 2.56. The lowest BCUT2D eigenvalue weighted by Gasteiger charge is -1.17. The highest BCUT2D eigenvalue weighted by molar-refractivity contribution is 7.14. The van der Waals surface area contributed by atoms with Crippen LogP contribution in [0.15, 0.2) is 4.88 Å². The third-order valence-corrected chi connectivity index (χ3v) is 0.173. The summed E-state index contributed by atoms with van der Waals surface area (Å²) in [5.41, 5.74) is 5.89. The van der Waals surface area contributed by atoms with Crippen molar-refractivity contribution >= 4 is 9.39 Å². The van der Waals surface area contributed by atoms with Gasteiger partial charge in [-0.15, -0.1) is 0 Å². The van der Waals surface area contributed by atoms with E-state index in [0.29, 0.717) is 0 Å². The third-order valence-electron chi connectivity index (χ3n) is 0.0577. The van der Waals surface area contributed by atoms with E-state index in [2.05, 4.69) is 9.80 Å². The molecule has 0 aliphatic rings. The first-order chi connectivity index (χ1) is 1.91. The number of nitrogens with zero attached hydrogens (tertiary/aromatic N) is 2. The maximum Gasteiger partial charge on any atom is 0.217 e. The predicted octanol–water partition coefficient (Wildman–Crippen LogP) is 0.327. The van der Waals surface area contributed by atoms with Crippen LogP contribution in [0.4, 0.5) is 0 Å². The highest BCUT2D eigenvalue weighted by atomic mass is 31.0. The van der Waals surface area contributed by atoms with Gasteiger partial charge in [-0.2, -0.15) is 0 Å². The van der Waals surface area contributed by atoms with E-state index in [-0.39, 0.29) is 0 Å². The summed E-state index contributed by atoms with van der Waals surface area (Å²) in [4.78, 5) is 5.52. The minimum Gasteiger partial charge on any atom is 0.0847 e. The molecule has 4 heteroatoms. The highest BCUT2D eigenvalue weighted by Gasteiger charge is 1.45. The average Bonchev–Trinajstić information content (AvgIpc) is 1.37. The Morgan fingerprint density at radius 3 is 2.25 bits per heavy atom. The van der Waals surface area contributed by atoms with E-state index >= 15 is 0 Å². The van der Waals surface area contributed by atoms with Gasteiger partial charge >= 0.3 is 0 Å². The Bertz CT molecular complexity index is 41.2. The van der Waals surface area contributed by atoms with E-state index in [0.717, 1.165) is 0 Å². The van der Waals surface area contributed by atoms with Gasteiger partial charge in [-0.05, 0) is 0 Å². The fourth-order valence-corrected chi connectivity index (χ4v) is 0. The summed E-state index contributed by atoms with van der Waals surface area (Å²) in [7, 11) is 1.93. The maximum atomic E-state index is 5.89. The second-order valence-electron chi connectivity index (χ2n) is 0.215. The Labute approximate surface area is 25.9 Å². The highest BCUT2D eigenvalue weighted by Crippen LogP contribution is 1.68. The number of nitrogens with one attached hydrogen (secondary N) is 1. The molecule has 4 heavy (non-hydrogen) atoms. The summed E-state index contributed by atoms with van der Waals surface area (Å²) in [5.74, 6) is 0. The van der Waals surface area contributed by atoms with Crippen LogP contribution in [0.1, 0.15) is 0 Å². The molecule has 0 bridgehead atoms. The summed E-state index contributed by atoms with van der Waals surface area (Å²) in [5, 5.41) is 0. The monoisotopic (exact) mass is 76.0 g/mol. The second kappa shape index (κ2) is 2.74. The SMILES string of the molecule is N=[N+]=NP. The summed E-state index contributed by atoms with van der Waals surface area (Å²) in [6.45, 7) is 0. The molecule has 0 aromatic carbocycles. The lowest BCUT2D eigenvalue weighted by molar-refractivity contribution is 1.03. The van der Waals surface area contributed by atoms with Crippen molar-refractivity contribution in [1.29, 1.82) is 5.53 Å². The van der Waals surface area contributed by atoms with Crippen molar-refractivity contribution in [2.75, 3.05) is 0 Å². The molecule has 0 aliphatic heterocycles. The van der Waals surface area contributed by atoms with Crippen LogP contribution >= 0.6 is 9.39 Å². The van der Waals surface area contributed by atoms with Crippen molar-refractivity contribution in [3.63, 3.8) is 0 Å². The fourth-order valence-electron chi connectivity index (χ4n) is 0. The van der Waals surface area contributed by atoms with Crippen LogP contribution in [0.3, 0.4) is 0 Å². The first-order valence-corrected chi connectivity index (χ1v) is 1.20. The molecular formula is H3N3P+. The third kappa shape index (κ3) is 1.74. The van der Waals surface area contributed by atoms with Crippen LogP contribution in [-0.2, 0) is 0 Å². The quantitative estimate of drug-likeness (QED) is 0.245. The molecule has 0 fully saturated rings. The molecule has 1 atom stereocenters. The molecule has 0 spiro atoms. The average molecular weight is 76.0 g/mol.